The second-order valence-corrected chi connectivity index (χ2v) is 5.62. The maximum absolute atomic E-state index is 13.4. The summed E-state index contributed by atoms with van der Waals surface area (Å²) in [5.74, 6) is 0.434. The van der Waals surface area contributed by atoms with Gasteiger partial charge in [0.15, 0.2) is 0 Å². The number of hydrogen-bond donors (Lipinski definition) is 1. The van der Waals surface area contributed by atoms with Crippen molar-refractivity contribution < 1.29 is 9.13 Å². The number of aromatic nitrogens is 1. The number of halogens is 1. The first kappa shape index (κ1) is 13.9. The SMILES string of the molecule is Cc1ccc(F)cc1Oc1nc2c(cc1C(N)=S)CCC2. The van der Waals surface area contributed by atoms with E-state index in [9.17, 15) is 4.39 Å². The van der Waals surface area contributed by atoms with Gasteiger partial charge in [-0.15, -0.1) is 0 Å². The van der Waals surface area contributed by atoms with E-state index in [1.165, 1.54) is 17.7 Å². The summed E-state index contributed by atoms with van der Waals surface area (Å²) in [5, 5.41) is 0. The van der Waals surface area contributed by atoms with E-state index in [1.54, 1.807) is 6.07 Å². The molecule has 108 valence electrons. The second-order valence-electron chi connectivity index (χ2n) is 5.18. The van der Waals surface area contributed by atoms with Gasteiger partial charge in [-0.25, -0.2) is 9.37 Å². The van der Waals surface area contributed by atoms with Crippen LogP contribution in [-0.4, -0.2) is 9.97 Å². The monoisotopic (exact) mass is 302 g/mol. The summed E-state index contributed by atoms with van der Waals surface area (Å²) in [5.41, 5.74) is 9.38. The molecule has 2 N–H and O–H groups in total. The first-order valence-electron chi connectivity index (χ1n) is 6.81. The van der Waals surface area contributed by atoms with Crippen molar-refractivity contribution in [2.45, 2.75) is 26.2 Å². The average molecular weight is 302 g/mol. The molecule has 0 atom stereocenters. The standard InChI is InChI=1S/C16H15FN2OS/c1-9-5-6-11(17)8-14(9)20-16-12(15(18)21)7-10-3-2-4-13(10)19-16/h5-8H,2-4H2,1H3,(H2,18,21). The molecule has 5 heteroatoms. The molecule has 0 spiro atoms. The average Bonchev–Trinajstić information content (AvgIpc) is 2.89. The van der Waals surface area contributed by atoms with E-state index in [-0.39, 0.29) is 10.8 Å². The first-order valence-corrected chi connectivity index (χ1v) is 7.22. The van der Waals surface area contributed by atoms with Crippen molar-refractivity contribution in [1.29, 1.82) is 0 Å². The van der Waals surface area contributed by atoms with Gasteiger partial charge >= 0.3 is 0 Å². The fraction of sp³-hybridized carbons (Fsp3) is 0.250. The van der Waals surface area contributed by atoms with Gasteiger partial charge in [0.2, 0.25) is 5.88 Å². The summed E-state index contributed by atoms with van der Waals surface area (Å²) in [6.45, 7) is 1.85. The van der Waals surface area contributed by atoms with Gasteiger partial charge in [-0.05, 0) is 49.4 Å². The van der Waals surface area contributed by atoms with Gasteiger partial charge in [0.1, 0.15) is 16.6 Å². The molecule has 1 heterocycles. The number of rotatable bonds is 3. The molecule has 0 aliphatic heterocycles. The fourth-order valence-electron chi connectivity index (χ4n) is 2.50. The molecular formula is C16H15FN2OS. The highest BCUT2D eigenvalue weighted by atomic mass is 32.1. The van der Waals surface area contributed by atoms with Crippen LogP contribution >= 0.6 is 12.2 Å². The molecule has 0 bridgehead atoms. The minimum absolute atomic E-state index is 0.237. The maximum Gasteiger partial charge on any atom is 0.229 e. The highest BCUT2D eigenvalue weighted by Crippen LogP contribution is 2.31. The molecule has 1 aliphatic rings. The van der Waals surface area contributed by atoms with Gasteiger partial charge in [0, 0.05) is 11.8 Å². The Morgan fingerprint density at radius 2 is 2.14 bits per heavy atom. The summed E-state index contributed by atoms with van der Waals surface area (Å²) < 4.78 is 19.2. The Kier molecular flexibility index (Phi) is 3.59. The molecule has 3 nitrogen and oxygen atoms in total. The number of nitrogens with two attached hydrogens (primary N) is 1. The molecule has 0 unspecified atom stereocenters. The molecular weight excluding hydrogens is 287 g/mol. The highest BCUT2D eigenvalue weighted by molar-refractivity contribution is 7.80. The normalized spacial score (nSPS) is 13.0. The van der Waals surface area contributed by atoms with E-state index in [2.05, 4.69) is 4.98 Å². The summed E-state index contributed by atoms with van der Waals surface area (Å²) in [4.78, 5) is 4.77. The number of hydrogen-bond acceptors (Lipinski definition) is 3. The molecule has 1 aromatic carbocycles. The maximum atomic E-state index is 13.4. The van der Waals surface area contributed by atoms with Gasteiger partial charge in [0.05, 0.1) is 5.56 Å². The largest absolute Gasteiger partial charge is 0.438 e. The van der Waals surface area contributed by atoms with E-state index >= 15 is 0 Å². The van der Waals surface area contributed by atoms with Gasteiger partial charge < -0.3 is 10.5 Å². The van der Waals surface area contributed by atoms with Crippen LogP contribution in [-0.2, 0) is 12.8 Å². The van der Waals surface area contributed by atoms with E-state index < -0.39 is 0 Å². The molecule has 1 aromatic heterocycles. The molecule has 21 heavy (non-hydrogen) atoms. The predicted molar refractivity (Wildman–Crippen MR) is 83.4 cm³/mol. The fourth-order valence-corrected chi connectivity index (χ4v) is 2.64. The molecule has 0 amide bonds. The number of aryl methyl sites for hydroxylation is 3. The lowest BCUT2D eigenvalue weighted by atomic mass is 10.1. The number of thiocarbonyl (C=S) groups is 1. The summed E-state index contributed by atoms with van der Waals surface area (Å²) in [7, 11) is 0. The zero-order chi connectivity index (χ0) is 15.0. The third-order valence-corrected chi connectivity index (χ3v) is 3.86. The van der Waals surface area contributed by atoms with Crippen LogP contribution in [0.4, 0.5) is 4.39 Å². The Bertz CT molecular complexity index is 730. The molecule has 2 aromatic rings. The van der Waals surface area contributed by atoms with Crippen molar-refractivity contribution in [2.75, 3.05) is 0 Å². The Balaban J connectivity index is 2.05. The topological polar surface area (TPSA) is 48.1 Å². The van der Waals surface area contributed by atoms with Gasteiger partial charge in [-0.1, -0.05) is 18.3 Å². The molecule has 0 saturated heterocycles. The van der Waals surface area contributed by atoms with Gasteiger partial charge in [-0.3, -0.25) is 0 Å². The van der Waals surface area contributed by atoms with Crippen LogP contribution in [0.25, 0.3) is 0 Å². The van der Waals surface area contributed by atoms with Gasteiger partial charge in [0.25, 0.3) is 0 Å². The van der Waals surface area contributed by atoms with Crippen molar-refractivity contribution in [1.82, 2.24) is 4.98 Å². The zero-order valence-electron chi connectivity index (χ0n) is 11.6. The number of benzene rings is 1. The number of nitrogens with zero attached hydrogens (tertiary/aromatic N) is 1. The number of ether oxygens (including phenoxy) is 1. The van der Waals surface area contributed by atoms with Crippen molar-refractivity contribution in [3.05, 3.63) is 52.5 Å². The summed E-state index contributed by atoms with van der Waals surface area (Å²) >= 11 is 5.08. The Morgan fingerprint density at radius 3 is 2.90 bits per heavy atom. The van der Waals surface area contributed by atoms with Crippen LogP contribution in [0.1, 0.15) is 28.8 Å². The highest BCUT2D eigenvalue weighted by Gasteiger charge is 2.19. The number of fused-ring (bicyclic) bond motifs is 1. The third kappa shape index (κ3) is 2.74. The second kappa shape index (κ2) is 5.41. The van der Waals surface area contributed by atoms with Crippen LogP contribution in [0.15, 0.2) is 24.3 Å². The lowest BCUT2D eigenvalue weighted by Gasteiger charge is -2.13. The molecule has 1 aliphatic carbocycles. The van der Waals surface area contributed by atoms with Crippen LogP contribution in [0.2, 0.25) is 0 Å². The first-order chi connectivity index (χ1) is 10.0. The third-order valence-electron chi connectivity index (χ3n) is 3.64. The van der Waals surface area contributed by atoms with E-state index in [0.29, 0.717) is 17.2 Å². The van der Waals surface area contributed by atoms with Crippen LogP contribution < -0.4 is 10.5 Å². The smallest absolute Gasteiger partial charge is 0.229 e. The lowest BCUT2D eigenvalue weighted by molar-refractivity contribution is 0.452. The summed E-state index contributed by atoms with van der Waals surface area (Å²) in [6, 6.07) is 6.35. The number of pyridine rings is 1. The minimum Gasteiger partial charge on any atom is -0.438 e. The lowest BCUT2D eigenvalue weighted by Crippen LogP contribution is -2.13. The predicted octanol–water partition coefficient (Wildman–Crippen LogP) is 3.44. The van der Waals surface area contributed by atoms with Crippen molar-refractivity contribution in [3.63, 3.8) is 0 Å². The van der Waals surface area contributed by atoms with Crippen molar-refractivity contribution in [2.24, 2.45) is 5.73 Å². The molecule has 0 saturated carbocycles. The van der Waals surface area contributed by atoms with E-state index in [0.717, 1.165) is 30.5 Å². The Labute approximate surface area is 128 Å². The summed E-state index contributed by atoms with van der Waals surface area (Å²) in [6.07, 6.45) is 2.98. The van der Waals surface area contributed by atoms with E-state index in [1.807, 2.05) is 13.0 Å². The van der Waals surface area contributed by atoms with Crippen LogP contribution in [0.5, 0.6) is 11.6 Å². The Hall–Kier alpha value is -2.01. The van der Waals surface area contributed by atoms with Crippen LogP contribution in [0.3, 0.4) is 0 Å². The van der Waals surface area contributed by atoms with Crippen molar-refractivity contribution >= 4 is 17.2 Å². The Morgan fingerprint density at radius 1 is 1.33 bits per heavy atom. The van der Waals surface area contributed by atoms with Crippen LogP contribution in [0, 0.1) is 12.7 Å². The quantitative estimate of drug-likeness (QED) is 0.882. The molecule has 0 radical (unpaired) electrons. The van der Waals surface area contributed by atoms with Gasteiger partial charge in [-0.2, -0.15) is 0 Å². The van der Waals surface area contributed by atoms with E-state index in [4.69, 9.17) is 22.7 Å². The minimum atomic E-state index is -0.353. The molecule has 3 rings (SSSR count). The molecule has 0 fully saturated rings. The van der Waals surface area contributed by atoms with Crippen molar-refractivity contribution in [3.8, 4) is 11.6 Å². The zero-order valence-corrected chi connectivity index (χ0v) is 12.5.